The van der Waals surface area contributed by atoms with E-state index in [1.54, 1.807) is 0 Å². The lowest BCUT2D eigenvalue weighted by molar-refractivity contribution is -0.384. The monoisotopic (exact) mass is 310 g/mol. The van der Waals surface area contributed by atoms with Crippen molar-refractivity contribution in [2.24, 2.45) is 0 Å². The first-order valence-corrected chi connectivity index (χ1v) is 6.01. The summed E-state index contributed by atoms with van der Waals surface area (Å²) in [4.78, 5) is 43.9. The van der Waals surface area contributed by atoms with Gasteiger partial charge in [-0.05, 0) is 6.07 Å². The topological polar surface area (TPSA) is 140 Å². The minimum atomic E-state index is -0.720. The number of nitrogens with zero attached hydrogens (tertiary/aromatic N) is 1. The number of hydrogen-bond acceptors (Lipinski definition) is 6. The minimum absolute atomic E-state index is 0.00734. The Morgan fingerprint density at radius 3 is 2.50 bits per heavy atom. The fourth-order valence-corrected chi connectivity index (χ4v) is 1.42. The first-order chi connectivity index (χ1) is 10.3. The van der Waals surface area contributed by atoms with E-state index in [-0.39, 0.29) is 23.5 Å². The number of hydrazine groups is 1. The minimum Gasteiger partial charge on any atom is -0.496 e. The molecule has 3 amide bonds. The fraction of sp³-hybridized carbons (Fsp3) is 0.250. The van der Waals surface area contributed by atoms with Crippen LogP contribution in [0.25, 0.3) is 0 Å². The lowest BCUT2D eigenvalue weighted by atomic mass is 10.1. The quantitative estimate of drug-likeness (QED) is 0.495. The van der Waals surface area contributed by atoms with Crippen LogP contribution in [0.5, 0.6) is 5.75 Å². The molecule has 22 heavy (non-hydrogen) atoms. The van der Waals surface area contributed by atoms with Gasteiger partial charge < -0.3 is 10.1 Å². The number of methoxy groups -OCH3 is 1. The second-order valence-corrected chi connectivity index (χ2v) is 4.05. The van der Waals surface area contributed by atoms with Crippen molar-refractivity contribution in [1.82, 2.24) is 16.2 Å². The van der Waals surface area contributed by atoms with Crippen LogP contribution in [0.3, 0.4) is 0 Å². The molecular formula is C12H14N4O6. The van der Waals surface area contributed by atoms with Crippen molar-refractivity contribution < 1.29 is 24.0 Å². The zero-order valence-electron chi connectivity index (χ0n) is 11.8. The van der Waals surface area contributed by atoms with Crippen LogP contribution >= 0.6 is 0 Å². The largest absolute Gasteiger partial charge is 0.496 e. The molecule has 10 heteroatoms. The number of non-ortho nitro benzene ring substituents is 1. The number of nitro groups is 1. The molecule has 0 saturated heterocycles. The van der Waals surface area contributed by atoms with E-state index in [0.29, 0.717) is 0 Å². The Morgan fingerprint density at radius 1 is 1.27 bits per heavy atom. The SMILES string of the molecule is COc1cc([N+](=O)[O-])ccc1C(=O)NNC(=O)CNC(C)=O. The molecule has 0 radical (unpaired) electrons. The van der Waals surface area contributed by atoms with Gasteiger partial charge in [0.05, 0.1) is 30.2 Å². The van der Waals surface area contributed by atoms with Gasteiger partial charge in [0.15, 0.2) is 0 Å². The molecule has 0 saturated carbocycles. The molecule has 0 unspecified atom stereocenters. The lowest BCUT2D eigenvalue weighted by Crippen LogP contribution is -2.46. The van der Waals surface area contributed by atoms with Crippen LogP contribution in [0.2, 0.25) is 0 Å². The zero-order valence-corrected chi connectivity index (χ0v) is 11.8. The fourth-order valence-electron chi connectivity index (χ4n) is 1.42. The van der Waals surface area contributed by atoms with Gasteiger partial charge >= 0.3 is 0 Å². The van der Waals surface area contributed by atoms with Gasteiger partial charge in [0.25, 0.3) is 17.5 Å². The second-order valence-electron chi connectivity index (χ2n) is 4.05. The second kappa shape index (κ2) is 7.57. The van der Waals surface area contributed by atoms with E-state index in [0.717, 1.165) is 12.1 Å². The molecule has 1 aromatic carbocycles. The average molecular weight is 310 g/mol. The first kappa shape index (κ1) is 16.9. The van der Waals surface area contributed by atoms with E-state index in [1.807, 2.05) is 0 Å². The Morgan fingerprint density at radius 2 is 1.95 bits per heavy atom. The summed E-state index contributed by atoms with van der Waals surface area (Å²) >= 11 is 0. The summed E-state index contributed by atoms with van der Waals surface area (Å²) in [5.74, 6) is -1.76. The van der Waals surface area contributed by atoms with E-state index >= 15 is 0 Å². The van der Waals surface area contributed by atoms with Gasteiger partial charge in [-0.15, -0.1) is 0 Å². The average Bonchev–Trinajstić information content (AvgIpc) is 2.49. The van der Waals surface area contributed by atoms with Crippen molar-refractivity contribution in [1.29, 1.82) is 0 Å². The highest BCUT2D eigenvalue weighted by Crippen LogP contribution is 2.24. The number of carbonyl (C=O) groups is 3. The van der Waals surface area contributed by atoms with E-state index < -0.39 is 22.6 Å². The van der Waals surface area contributed by atoms with Gasteiger partial charge in [-0.3, -0.25) is 35.3 Å². The van der Waals surface area contributed by atoms with Crippen molar-refractivity contribution in [3.8, 4) is 5.75 Å². The van der Waals surface area contributed by atoms with Crippen molar-refractivity contribution in [2.75, 3.05) is 13.7 Å². The summed E-state index contributed by atoms with van der Waals surface area (Å²) in [6.07, 6.45) is 0. The summed E-state index contributed by atoms with van der Waals surface area (Å²) in [6, 6.07) is 3.43. The number of hydrogen-bond donors (Lipinski definition) is 3. The summed E-state index contributed by atoms with van der Waals surface area (Å²) in [5.41, 5.74) is 3.96. The van der Waals surface area contributed by atoms with Gasteiger partial charge in [0.2, 0.25) is 5.91 Å². The van der Waals surface area contributed by atoms with Gasteiger partial charge in [0.1, 0.15) is 5.75 Å². The Hall–Kier alpha value is -3.17. The zero-order chi connectivity index (χ0) is 16.7. The molecule has 1 rings (SSSR count). The molecule has 0 spiro atoms. The molecule has 10 nitrogen and oxygen atoms in total. The number of nitro benzene ring substituents is 1. The Balaban J connectivity index is 2.71. The molecule has 0 atom stereocenters. The number of ether oxygens (including phenoxy) is 1. The van der Waals surface area contributed by atoms with Crippen molar-refractivity contribution >= 4 is 23.4 Å². The van der Waals surface area contributed by atoms with Crippen LogP contribution in [-0.2, 0) is 9.59 Å². The maximum absolute atomic E-state index is 11.9. The van der Waals surface area contributed by atoms with Crippen LogP contribution in [-0.4, -0.2) is 36.3 Å². The molecule has 118 valence electrons. The molecule has 0 heterocycles. The third-order valence-electron chi connectivity index (χ3n) is 2.45. The summed E-state index contributed by atoms with van der Waals surface area (Å²) in [5, 5.41) is 12.9. The number of amides is 3. The Kier molecular flexibility index (Phi) is 5.81. The predicted molar refractivity (Wildman–Crippen MR) is 73.9 cm³/mol. The van der Waals surface area contributed by atoms with E-state index in [1.165, 1.54) is 20.1 Å². The maximum atomic E-state index is 11.9. The van der Waals surface area contributed by atoms with Gasteiger partial charge in [-0.1, -0.05) is 0 Å². The number of rotatable bonds is 5. The number of carbonyl (C=O) groups excluding carboxylic acids is 3. The van der Waals surface area contributed by atoms with Crippen molar-refractivity contribution in [2.45, 2.75) is 6.92 Å². The van der Waals surface area contributed by atoms with Crippen molar-refractivity contribution in [3.63, 3.8) is 0 Å². The lowest BCUT2D eigenvalue weighted by Gasteiger charge is -2.10. The molecule has 0 aliphatic heterocycles. The Labute approximate surface area is 124 Å². The molecule has 1 aromatic rings. The summed E-state index contributed by atoms with van der Waals surface area (Å²) in [6.45, 7) is 0.945. The molecule has 0 fully saturated rings. The molecule has 0 aromatic heterocycles. The number of benzene rings is 1. The Bertz CT molecular complexity index is 616. The molecule has 0 aliphatic carbocycles. The van der Waals surface area contributed by atoms with Crippen LogP contribution in [0, 0.1) is 10.1 Å². The predicted octanol–water partition coefficient (Wildman–Crippen LogP) is -0.500. The normalized spacial score (nSPS) is 9.55. The number of nitrogens with one attached hydrogen (secondary N) is 3. The molecule has 3 N–H and O–H groups in total. The van der Waals surface area contributed by atoms with Gasteiger partial charge in [0, 0.05) is 13.0 Å². The molecule has 0 bridgehead atoms. The standard InChI is InChI=1S/C12H14N4O6/c1-7(17)13-6-11(18)14-15-12(19)9-4-3-8(16(20)21)5-10(9)22-2/h3-5H,6H2,1-2H3,(H,13,17)(H,14,18)(H,15,19). The van der Waals surface area contributed by atoms with Crippen LogP contribution < -0.4 is 20.9 Å². The van der Waals surface area contributed by atoms with E-state index in [2.05, 4.69) is 16.2 Å². The van der Waals surface area contributed by atoms with Gasteiger partial charge in [-0.25, -0.2) is 0 Å². The maximum Gasteiger partial charge on any atom is 0.273 e. The smallest absolute Gasteiger partial charge is 0.273 e. The summed E-state index contributed by atoms with van der Waals surface area (Å²) in [7, 11) is 1.26. The highest BCUT2D eigenvalue weighted by Gasteiger charge is 2.17. The van der Waals surface area contributed by atoms with Crippen LogP contribution in [0.15, 0.2) is 18.2 Å². The highest BCUT2D eigenvalue weighted by molar-refractivity contribution is 5.98. The summed E-state index contributed by atoms with van der Waals surface area (Å²) < 4.78 is 4.91. The first-order valence-electron chi connectivity index (χ1n) is 6.01. The molecule has 0 aliphatic rings. The van der Waals surface area contributed by atoms with Crippen LogP contribution in [0.1, 0.15) is 17.3 Å². The van der Waals surface area contributed by atoms with Gasteiger partial charge in [-0.2, -0.15) is 0 Å². The van der Waals surface area contributed by atoms with E-state index in [9.17, 15) is 24.5 Å². The third kappa shape index (κ3) is 4.74. The highest BCUT2D eigenvalue weighted by atomic mass is 16.6. The third-order valence-corrected chi connectivity index (χ3v) is 2.45. The van der Waals surface area contributed by atoms with Crippen LogP contribution in [0.4, 0.5) is 5.69 Å². The van der Waals surface area contributed by atoms with E-state index in [4.69, 9.17) is 4.74 Å². The van der Waals surface area contributed by atoms with Crippen molar-refractivity contribution in [3.05, 3.63) is 33.9 Å². The molecular weight excluding hydrogens is 296 g/mol.